The van der Waals surface area contributed by atoms with Gasteiger partial charge in [0.25, 0.3) is 0 Å². The molecule has 1 N–H and O–H groups in total. The standard InChI is InChI=1S/C19H23N3O3/c23-17(9-14-8-12-3-5-13(14)6-4-12)22-7-1-2-16(22)18-20-10-15(11-21-18)19(24)25/h3,5,10-14,16H,1-2,4,6-9H2,(H,24,25)/t12-,13+,14+,16?/m1/s1. The number of fused-ring (bicyclic) bond motifs is 2. The van der Waals surface area contributed by atoms with Gasteiger partial charge in [0, 0.05) is 25.4 Å². The van der Waals surface area contributed by atoms with E-state index in [-0.39, 0.29) is 17.5 Å². The first-order valence-corrected chi connectivity index (χ1v) is 9.15. The number of carboxylic acids is 1. The van der Waals surface area contributed by atoms with Gasteiger partial charge in [-0.1, -0.05) is 12.2 Å². The molecule has 3 aliphatic carbocycles. The van der Waals surface area contributed by atoms with E-state index in [0.717, 1.165) is 25.8 Å². The molecule has 1 aromatic heterocycles. The minimum absolute atomic E-state index is 0.0737. The fourth-order valence-corrected chi connectivity index (χ4v) is 4.58. The molecule has 1 aliphatic heterocycles. The zero-order valence-electron chi connectivity index (χ0n) is 14.2. The van der Waals surface area contributed by atoms with Crippen LogP contribution in [0, 0.1) is 17.8 Å². The highest BCUT2D eigenvalue weighted by atomic mass is 16.4. The maximum absolute atomic E-state index is 12.9. The van der Waals surface area contributed by atoms with Crippen molar-refractivity contribution in [2.24, 2.45) is 17.8 Å². The average Bonchev–Trinajstić information content (AvgIpc) is 3.13. The lowest BCUT2D eigenvalue weighted by molar-refractivity contribution is -0.134. The molecule has 1 saturated heterocycles. The molecule has 2 bridgehead atoms. The number of likely N-dealkylation sites (tertiary alicyclic amines) is 1. The van der Waals surface area contributed by atoms with Crippen molar-refractivity contribution < 1.29 is 14.7 Å². The van der Waals surface area contributed by atoms with Crippen LogP contribution in [0.1, 0.15) is 60.7 Å². The summed E-state index contributed by atoms with van der Waals surface area (Å²) in [7, 11) is 0. The van der Waals surface area contributed by atoms with Crippen LogP contribution in [0.25, 0.3) is 0 Å². The Morgan fingerprint density at radius 3 is 2.56 bits per heavy atom. The van der Waals surface area contributed by atoms with E-state index in [1.54, 1.807) is 0 Å². The molecule has 5 rings (SSSR count). The monoisotopic (exact) mass is 341 g/mol. The van der Waals surface area contributed by atoms with E-state index in [2.05, 4.69) is 22.1 Å². The van der Waals surface area contributed by atoms with Crippen LogP contribution in [0.3, 0.4) is 0 Å². The van der Waals surface area contributed by atoms with Gasteiger partial charge >= 0.3 is 5.97 Å². The van der Waals surface area contributed by atoms with Crippen molar-refractivity contribution in [1.29, 1.82) is 0 Å². The number of carbonyl (C=O) groups excluding carboxylic acids is 1. The molecule has 1 unspecified atom stereocenters. The molecule has 2 fully saturated rings. The van der Waals surface area contributed by atoms with Crippen LogP contribution in [0.2, 0.25) is 0 Å². The predicted octanol–water partition coefficient (Wildman–Crippen LogP) is 2.83. The SMILES string of the molecule is O=C(O)c1cnc(C2CCCN2C(=O)C[C@@H]2C[C@@H]3C=C[C@H]2CC3)nc1. The Morgan fingerprint density at radius 2 is 1.96 bits per heavy atom. The molecule has 1 saturated carbocycles. The summed E-state index contributed by atoms with van der Waals surface area (Å²) in [6, 6.07) is -0.119. The lowest BCUT2D eigenvalue weighted by Crippen LogP contribution is -2.36. The molecule has 1 amide bonds. The van der Waals surface area contributed by atoms with Crippen LogP contribution in [-0.2, 0) is 4.79 Å². The van der Waals surface area contributed by atoms with Crippen molar-refractivity contribution in [3.8, 4) is 0 Å². The van der Waals surface area contributed by atoms with E-state index in [1.165, 1.54) is 25.2 Å². The van der Waals surface area contributed by atoms with Crippen molar-refractivity contribution in [3.05, 3.63) is 35.9 Å². The average molecular weight is 341 g/mol. The zero-order valence-corrected chi connectivity index (χ0v) is 14.2. The second-order valence-electron chi connectivity index (χ2n) is 7.47. The first-order valence-electron chi connectivity index (χ1n) is 9.15. The molecule has 6 heteroatoms. The molecule has 0 radical (unpaired) electrons. The largest absolute Gasteiger partial charge is 0.478 e. The van der Waals surface area contributed by atoms with E-state index < -0.39 is 5.97 Å². The number of carbonyl (C=O) groups is 2. The summed E-state index contributed by atoms with van der Waals surface area (Å²) in [5, 5.41) is 8.97. The maximum Gasteiger partial charge on any atom is 0.338 e. The Morgan fingerprint density at radius 1 is 1.16 bits per heavy atom. The Kier molecular flexibility index (Phi) is 4.27. The minimum atomic E-state index is -1.04. The first kappa shape index (κ1) is 16.2. The molecule has 6 nitrogen and oxygen atoms in total. The normalized spacial score (nSPS) is 30.6. The third-order valence-electron chi connectivity index (χ3n) is 5.94. The predicted molar refractivity (Wildman–Crippen MR) is 90.8 cm³/mol. The van der Waals surface area contributed by atoms with Gasteiger partial charge in [-0.25, -0.2) is 14.8 Å². The van der Waals surface area contributed by atoms with Gasteiger partial charge in [-0.15, -0.1) is 0 Å². The van der Waals surface area contributed by atoms with E-state index >= 15 is 0 Å². The summed E-state index contributed by atoms with van der Waals surface area (Å²) in [5.74, 6) is 1.39. The van der Waals surface area contributed by atoms with Gasteiger partial charge in [-0.05, 0) is 49.9 Å². The van der Waals surface area contributed by atoms with Crippen molar-refractivity contribution in [3.63, 3.8) is 0 Å². The minimum Gasteiger partial charge on any atom is -0.478 e. The van der Waals surface area contributed by atoms with Gasteiger partial charge in [0.15, 0.2) is 5.82 Å². The Labute approximate surface area is 147 Å². The fourth-order valence-electron chi connectivity index (χ4n) is 4.58. The number of allylic oxidation sites excluding steroid dienone is 2. The van der Waals surface area contributed by atoms with Crippen LogP contribution < -0.4 is 0 Å². The van der Waals surface area contributed by atoms with Crippen molar-refractivity contribution in [1.82, 2.24) is 14.9 Å². The van der Waals surface area contributed by atoms with Crippen LogP contribution in [-0.4, -0.2) is 38.4 Å². The number of hydrogen-bond donors (Lipinski definition) is 1. The lowest BCUT2D eigenvalue weighted by atomic mass is 9.68. The molecule has 4 atom stereocenters. The number of aromatic nitrogens is 2. The fraction of sp³-hybridized carbons (Fsp3) is 0.579. The summed E-state index contributed by atoms with van der Waals surface area (Å²) >= 11 is 0. The van der Waals surface area contributed by atoms with Crippen LogP contribution in [0.4, 0.5) is 0 Å². The summed E-state index contributed by atoms with van der Waals surface area (Å²) in [6.07, 6.45) is 13.3. The lowest BCUT2D eigenvalue weighted by Gasteiger charge is -2.38. The number of amides is 1. The first-order chi connectivity index (χ1) is 12.1. The van der Waals surface area contributed by atoms with Crippen molar-refractivity contribution in [2.75, 3.05) is 6.54 Å². The molecule has 1 aromatic rings. The molecular formula is C19H23N3O3. The number of rotatable bonds is 4. The molecular weight excluding hydrogens is 318 g/mol. The second-order valence-corrected chi connectivity index (χ2v) is 7.47. The van der Waals surface area contributed by atoms with Gasteiger partial charge in [0.05, 0.1) is 11.6 Å². The summed E-state index contributed by atoms with van der Waals surface area (Å²) in [5.41, 5.74) is 0.0737. The molecule has 2 heterocycles. The number of carboxylic acid groups (broad SMARTS) is 1. The number of nitrogens with zero attached hydrogens (tertiary/aromatic N) is 3. The number of aromatic carboxylic acids is 1. The summed E-state index contributed by atoms with van der Waals surface area (Å²) < 4.78 is 0. The summed E-state index contributed by atoms with van der Waals surface area (Å²) in [4.78, 5) is 34.2. The highest BCUT2D eigenvalue weighted by Crippen LogP contribution is 2.42. The smallest absolute Gasteiger partial charge is 0.338 e. The highest BCUT2D eigenvalue weighted by Gasteiger charge is 2.37. The van der Waals surface area contributed by atoms with Gasteiger partial charge < -0.3 is 10.0 Å². The van der Waals surface area contributed by atoms with E-state index in [9.17, 15) is 9.59 Å². The van der Waals surface area contributed by atoms with Gasteiger partial charge in [-0.3, -0.25) is 4.79 Å². The Hall–Kier alpha value is -2.24. The van der Waals surface area contributed by atoms with Crippen LogP contribution >= 0.6 is 0 Å². The van der Waals surface area contributed by atoms with Gasteiger partial charge in [-0.2, -0.15) is 0 Å². The van der Waals surface area contributed by atoms with Crippen LogP contribution in [0.15, 0.2) is 24.5 Å². The van der Waals surface area contributed by atoms with Crippen molar-refractivity contribution >= 4 is 11.9 Å². The molecule has 4 aliphatic rings. The molecule has 0 spiro atoms. The van der Waals surface area contributed by atoms with Crippen LogP contribution in [0.5, 0.6) is 0 Å². The molecule has 132 valence electrons. The topological polar surface area (TPSA) is 83.4 Å². The number of hydrogen-bond acceptors (Lipinski definition) is 4. The maximum atomic E-state index is 12.9. The highest BCUT2D eigenvalue weighted by molar-refractivity contribution is 5.86. The Bertz CT molecular complexity index is 700. The van der Waals surface area contributed by atoms with E-state index in [1.807, 2.05) is 4.90 Å². The molecule has 0 aromatic carbocycles. The third kappa shape index (κ3) is 3.17. The van der Waals surface area contributed by atoms with E-state index in [0.29, 0.717) is 30.0 Å². The third-order valence-corrected chi connectivity index (χ3v) is 5.94. The van der Waals surface area contributed by atoms with Crippen molar-refractivity contribution in [2.45, 2.75) is 44.6 Å². The quantitative estimate of drug-likeness (QED) is 0.852. The van der Waals surface area contributed by atoms with Gasteiger partial charge in [0.1, 0.15) is 0 Å². The van der Waals surface area contributed by atoms with E-state index in [4.69, 9.17) is 5.11 Å². The van der Waals surface area contributed by atoms with Gasteiger partial charge in [0.2, 0.25) is 5.91 Å². The molecule has 25 heavy (non-hydrogen) atoms. The Balaban J connectivity index is 1.44. The summed E-state index contributed by atoms with van der Waals surface area (Å²) in [6.45, 7) is 0.740. The second kappa shape index (κ2) is 6.58. The zero-order chi connectivity index (χ0) is 17.4.